The fourth-order valence-corrected chi connectivity index (χ4v) is 3.70. The Hall–Kier alpha value is -4.83. The van der Waals surface area contributed by atoms with Crippen molar-refractivity contribution < 1.29 is 28.7 Å². The van der Waals surface area contributed by atoms with Crippen molar-refractivity contribution in [3.05, 3.63) is 95.1 Å². The third kappa shape index (κ3) is 6.68. The van der Waals surface area contributed by atoms with Gasteiger partial charge >= 0.3 is 17.8 Å². The molecular formula is C28H26N4O6. The molecule has 3 aromatic carbocycles. The van der Waals surface area contributed by atoms with E-state index in [9.17, 15) is 19.2 Å². The molecule has 1 aliphatic rings. The number of hydrogen-bond donors (Lipinski definition) is 2. The Morgan fingerprint density at radius 2 is 1.53 bits per heavy atom. The minimum Gasteiger partial charge on any atom is -0.423 e. The SMILES string of the molecule is Cc1ccccc1C(=O)Oc1ccc(/C=N\NC(=O)C(=O)Nc2ccccc2C(=O)N2CCOCC2)cc1. The maximum absolute atomic E-state index is 12.8. The monoisotopic (exact) mass is 514 g/mol. The van der Waals surface area contributed by atoms with Gasteiger partial charge < -0.3 is 19.7 Å². The van der Waals surface area contributed by atoms with Gasteiger partial charge in [0.15, 0.2) is 0 Å². The first-order valence-corrected chi connectivity index (χ1v) is 11.9. The molecule has 0 aromatic heterocycles. The Bertz CT molecular complexity index is 1360. The van der Waals surface area contributed by atoms with Crippen molar-refractivity contribution in [3.63, 3.8) is 0 Å². The lowest BCUT2D eigenvalue weighted by Crippen LogP contribution is -2.41. The van der Waals surface area contributed by atoms with Crippen LogP contribution in [0.15, 0.2) is 77.9 Å². The molecule has 1 fully saturated rings. The van der Waals surface area contributed by atoms with Crippen LogP contribution in [0.4, 0.5) is 5.69 Å². The van der Waals surface area contributed by atoms with Gasteiger partial charge in [0, 0.05) is 13.1 Å². The van der Waals surface area contributed by atoms with E-state index in [1.54, 1.807) is 65.6 Å². The van der Waals surface area contributed by atoms with Crippen LogP contribution in [0.1, 0.15) is 31.8 Å². The normalized spacial score (nSPS) is 13.1. The molecule has 0 spiro atoms. The second-order valence-electron chi connectivity index (χ2n) is 8.38. The van der Waals surface area contributed by atoms with Crippen molar-refractivity contribution in [3.8, 4) is 5.75 Å². The summed E-state index contributed by atoms with van der Waals surface area (Å²) in [4.78, 5) is 51.5. The van der Waals surface area contributed by atoms with Gasteiger partial charge in [-0.3, -0.25) is 14.4 Å². The summed E-state index contributed by atoms with van der Waals surface area (Å²) in [5.41, 5.74) is 4.56. The number of hydrogen-bond acceptors (Lipinski definition) is 7. The first-order valence-electron chi connectivity index (χ1n) is 11.9. The van der Waals surface area contributed by atoms with Crippen molar-refractivity contribution in [1.82, 2.24) is 10.3 Å². The van der Waals surface area contributed by atoms with Crippen molar-refractivity contribution in [2.24, 2.45) is 5.10 Å². The lowest BCUT2D eigenvalue weighted by atomic mass is 10.1. The number of hydrazone groups is 1. The number of nitrogens with zero attached hydrogens (tertiary/aromatic N) is 2. The van der Waals surface area contributed by atoms with Gasteiger partial charge in [-0.1, -0.05) is 30.3 Å². The largest absolute Gasteiger partial charge is 0.423 e. The summed E-state index contributed by atoms with van der Waals surface area (Å²) < 4.78 is 10.7. The molecule has 1 heterocycles. The summed E-state index contributed by atoms with van der Waals surface area (Å²) in [6, 6.07) is 20.1. The number of aryl methyl sites for hydroxylation is 1. The predicted molar refractivity (Wildman–Crippen MR) is 140 cm³/mol. The molecule has 3 aromatic rings. The van der Waals surface area contributed by atoms with Crippen molar-refractivity contribution in [2.45, 2.75) is 6.92 Å². The lowest BCUT2D eigenvalue weighted by molar-refractivity contribution is -0.136. The molecule has 0 unspecified atom stereocenters. The molecule has 2 N–H and O–H groups in total. The van der Waals surface area contributed by atoms with E-state index < -0.39 is 17.8 Å². The molecule has 0 bridgehead atoms. The molecule has 1 saturated heterocycles. The van der Waals surface area contributed by atoms with E-state index in [0.29, 0.717) is 43.2 Å². The second-order valence-corrected chi connectivity index (χ2v) is 8.38. The zero-order chi connectivity index (χ0) is 26.9. The fraction of sp³-hybridized carbons (Fsp3) is 0.179. The number of anilines is 1. The number of ether oxygens (including phenoxy) is 2. The molecule has 1 aliphatic heterocycles. The average molecular weight is 515 g/mol. The van der Waals surface area contributed by atoms with Gasteiger partial charge in [0.05, 0.1) is 36.2 Å². The minimum atomic E-state index is -1.00. The maximum Gasteiger partial charge on any atom is 0.343 e. The molecule has 3 amide bonds. The van der Waals surface area contributed by atoms with E-state index in [-0.39, 0.29) is 17.2 Å². The highest BCUT2D eigenvalue weighted by Gasteiger charge is 2.23. The maximum atomic E-state index is 12.8. The molecule has 38 heavy (non-hydrogen) atoms. The van der Waals surface area contributed by atoms with Gasteiger partial charge in [0.2, 0.25) is 0 Å². The lowest BCUT2D eigenvalue weighted by Gasteiger charge is -2.27. The third-order valence-corrected chi connectivity index (χ3v) is 5.75. The highest BCUT2D eigenvalue weighted by molar-refractivity contribution is 6.40. The number of rotatable bonds is 6. The summed E-state index contributed by atoms with van der Waals surface area (Å²) in [7, 11) is 0. The van der Waals surface area contributed by atoms with Crippen LogP contribution in [0.3, 0.4) is 0 Å². The summed E-state index contributed by atoms with van der Waals surface area (Å²) in [5, 5.41) is 6.27. The van der Waals surface area contributed by atoms with Crippen molar-refractivity contribution in [2.75, 3.05) is 31.6 Å². The van der Waals surface area contributed by atoms with Crippen LogP contribution < -0.4 is 15.5 Å². The van der Waals surface area contributed by atoms with E-state index >= 15 is 0 Å². The standard InChI is InChI=1S/C28H26N4O6/c1-19-6-2-3-7-22(19)28(36)38-21-12-10-20(11-13-21)18-29-31-26(34)25(33)30-24-9-5-4-8-23(24)27(35)32-14-16-37-17-15-32/h2-13,18H,14-17H2,1H3,(H,30,33)(H,31,34)/b29-18-. The Balaban J connectivity index is 1.30. The van der Waals surface area contributed by atoms with E-state index in [2.05, 4.69) is 15.8 Å². The molecule has 0 radical (unpaired) electrons. The number of amides is 3. The summed E-state index contributed by atoms with van der Waals surface area (Å²) in [6.45, 7) is 3.62. The van der Waals surface area contributed by atoms with Crippen molar-refractivity contribution in [1.29, 1.82) is 0 Å². The smallest absolute Gasteiger partial charge is 0.343 e. The number of carbonyl (C=O) groups excluding carboxylic acids is 4. The van der Waals surface area contributed by atoms with E-state index in [4.69, 9.17) is 9.47 Å². The van der Waals surface area contributed by atoms with Crippen LogP contribution in [0.25, 0.3) is 0 Å². The Morgan fingerprint density at radius 3 is 2.24 bits per heavy atom. The zero-order valence-electron chi connectivity index (χ0n) is 20.7. The number of carbonyl (C=O) groups is 4. The Morgan fingerprint density at radius 1 is 0.868 bits per heavy atom. The summed E-state index contributed by atoms with van der Waals surface area (Å²) in [5.74, 6) is -2.34. The van der Waals surface area contributed by atoms with Crippen LogP contribution in [0.2, 0.25) is 0 Å². The Kier molecular flexibility index (Phi) is 8.57. The van der Waals surface area contributed by atoms with Crippen LogP contribution in [0, 0.1) is 6.92 Å². The second kappa shape index (κ2) is 12.4. The summed E-state index contributed by atoms with van der Waals surface area (Å²) >= 11 is 0. The molecule has 0 atom stereocenters. The molecule has 0 saturated carbocycles. The van der Waals surface area contributed by atoms with E-state index in [0.717, 1.165) is 5.56 Å². The molecule has 10 nitrogen and oxygen atoms in total. The minimum absolute atomic E-state index is 0.226. The van der Waals surface area contributed by atoms with Gasteiger partial charge in [-0.25, -0.2) is 10.2 Å². The van der Waals surface area contributed by atoms with Crippen LogP contribution in [-0.2, 0) is 14.3 Å². The number of benzene rings is 3. The molecule has 0 aliphatic carbocycles. The van der Waals surface area contributed by atoms with Crippen LogP contribution in [0.5, 0.6) is 5.75 Å². The number of para-hydroxylation sites is 1. The van der Waals surface area contributed by atoms with Gasteiger partial charge in [0.25, 0.3) is 5.91 Å². The quantitative estimate of drug-likeness (QED) is 0.171. The first-order chi connectivity index (χ1) is 18.4. The number of nitrogens with one attached hydrogen (secondary N) is 2. The van der Waals surface area contributed by atoms with Gasteiger partial charge in [-0.05, 0) is 60.5 Å². The number of esters is 1. The van der Waals surface area contributed by atoms with Gasteiger partial charge in [0.1, 0.15) is 5.75 Å². The topological polar surface area (TPSA) is 126 Å². The molecular weight excluding hydrogens is 488 g/mol. The van der Waals surface area contributed by atoms with Gasteiger partial charge in [-0.15, -0.1) is 0 Å². The van der Waals surface area contributed by atoms with E-state index in [1.807, 2.05) is 19.1 Å². The third-order valence-electron chi connectivity index (χ3n) is 5.75. The summed E-state index contributed by atoms with van der Waals surface area (Å²) in [6.07, 6.45) is 1.34. The van der Waals surface area contributed by atoms with Gasteiger partial charge in [-0.2, -0.15) is 5.10 Å². The highest BCUT2D eigenvalue weighted by Crippen LogP contribution is 2.18. The molecule has 194 valence electrons. The zero-order valence-corrected chi connectivity index (χ0v) is 20.7. The fourth-order valence-electron chi connectivity index (χ4n) is 3.70. The molecule has 4 rings (SSSR count). The van der Waals surface area contributed by atoms with Crippen LogP contribution >= 0.6 is 0 Å². The van der Waals surface area contributed by atoms with E-state index in [1.165, 1.54) is 6.21 Å². The average Bonchev–Trinajstić information content (AvgIpc) is 2.94. The number of morpholine rings is 1. The van der Waals surface area contributed by atoms with Crippen molar-refractivity contribution >= 4 is 35.6 Å². The Labute approximate surface area is 219 Å². The molecule has 10 heteroatoms. The first kappa shape index (κ1) is 26.2. The van der Waals surface area contributed by atoms with Crippen LogP contribution in [-0.4, -0.2) is 61.1 Å². The highest BCUT2D eigenvalue weighted by atomic mass is 16.5. The predicted octanol–water partition coefficient (Wildman–Crippen LogP) is 2.78.